The van der Waals surface area contributed by atoms with Gasteiger partial charge in [-0.05, 0) is 29.2 Å². The highest BCUT2D eigenvalue weighted by molar-refractivity contribution is 5.95. The topological polar surface area (TPSA) is 88.0 Å². The van der Waals surface area contributed by atoms with Crippen molar-refractivity contribution >= 4 is 5.97 Å². The van der Waals surface area contributed by atoms with Crippen molar-refractivity contribution in [3.05, 3.63) is 76.0 Å². The first-order valence-electron chi connectivity index (χ1n) is 9.66. The maximum Gasteiger partial charge on any atom is 0.343 e. The van der Waals surface area contributed by atoms with Gasteiger partial charge >= 0.3 is 11.7 Å². The van der Waals surface area contributed by atoms with E-state index in [1.165, 1.54) is 12.8 Å². The van der Waals surface area contributed by atoms with Crippen molar-refractivity contribution in [1.82, 2.24) is 14.8 Å². The number of aryl methyl sites for hydroxylation is 1. The van der Waals surface area contributed by atoms with Gasteiger partial charge < -0.3 is 5.11 Å². The molecule has 0 spiro atoms. The Morgan fingerprint density at radius 1 is 1.07 bits per heavy atom. The van der Waals surface area contributed by atoms with E-state index in [4.69, 9.17) is 0 Å². The number of carboxylic acid groups (broad SMARTS) is 1. The van der Waals surface area contributed by atoms with E-state index in [-0.39, 0.29) is 11.3 Å². The van der Waals surface area contributed by atoms with Crippen LogP contribution in [0, 0.1) is 0 Å². The van der Waals surface area contributed by atoms with Crippen molar-refractivity contribution in [2.45, 2.75) is 45.6 Å². The lowest BCUT2D eigenvalue weighted by Crippen LogP contribution is -2.19. The van der Waals surface area contributed by atoms with Crippen molar-refractivity contribution in [2.24, 2.45) is 0 Å². The third-order valence-electron chi connectivity index (χ3n) is 4.85. The van der Waals surface area contributed by atoms with Crippen LogP contribution in [-0.4, -0.2) is 25.8 Å². The molecule has 6 heteroatoms. The number of H-pyrrole nitrogens is 1. The lowest BCUT2D eigenvalue weighted by atomic mass is 9.99. The number of benzene rings is 2. The predicted molar refractivity (Wildman–Crippen MR) is 109 cm³/mol. The second-order valence-electron chi connectivity index (χ2n) is 6.89. The van der Waals surface area contributed by atoms with Crippen LogP contribution in [0.1, 0.15) is 54.4 Å². The Bertz CT molecular complexity index is 987. The van der Waals surface area contributed by atoms with Crippen molar-refractivity contribution in [3.63, 3.8) is 0 Å². The molecular formula is C22H25N3O3. The average molecular weight is 379 g/mol. The molecule has 0 bridgehead atoms. The molecule has 0 fully saturated rings. The van der Waals surface area contributed by atoms with Crippen LogP contribution < -0.4 is 5.69 Å². The van der Waals surface area contributed by atoms with Gasteiger partial charge in [0, 0.05) is 6.42 Å². The molecule has 0 radical (unpaired) electrons. The summed E-state index contributed by atoms with van der Waals surface area (Å²) in [6.07, 6.45) is 5.29. The maximum absolute atomic E-state index is 12.1. The van der Waals surface area contributed by atoms with Crippen LogP contribution in [0.25, 0.3) is 11.1 Å². The number of carbonyl (C=O) groups is 1. The molecule has 0 saturated carbocycles. The summed E-state index contributed by atoms with van der Waals surface area (Å²) in [6, 6.07) is 14.6. The lowest BCUT2D eigenvalue weighted by molar-refractivity contribution is 0.0697. The van der Waals surface area contributed by atoms with E-state index in [1.807, 2.05) is 30.3 Å². The third-order valence-corrected chi connectivity index (χ3v) is 4.85. The standard InChI is InChI=1S/C22H25N3O3/c1-2-3-4-5-10-20-23-24-22(28)25(20)15-16-11-13-17(14-12-16)18-8-6-7-9-19(18)21(26)27/h6-9,11-14H,2-5,10,15H2,1H3,(H,24,28)(H,26,27). The van der Waals surface area contributed by atoms with Gasteiger partial charge in [0.15, 0.2) is 0 Å². The number of aromatic amines is 1. The molecule has 2 N–H and O–H groups in total. The molecule has 0 unspecified atom stereocenters. The van der Waals surface area contributed by atoms with Gasteiger partial charge in [-0.25, -0.2) is 14.7 Å². The van der Waals surface area contributed by atoms with Crippen molar-refractivity contribution in [1.29, 1.82) is 0 Å². The number of hydrogen-bond donors (Lipinski definition) is 2. The molecule has 0 atom stereocenters. The van der Waals surface area contributed by atoms with Gasteiger partial charge in [-0.3, -0.25) is 4.57 Å². The summed E-state index contributed by atoms with van der Waals surface area (Å²) in [5.74, 6) is -0.168. The number of rotatable bonds is 9. The van der Waals surface area contributed by atoms with Gasteiger partial charge in [0.05, 0.1) is 12.1 Å². The van der Waals surface area contributed by atoms with Crippen molar-refractivity contribution in [3.8, 4) is 11.1 Å². The van der Waals surface area contributed by atoms with Crippen LogP contribution in [0.4, 0.5) is 0 Å². The van der Waals surface area contributed by atoms with Gasteiger partial charge in [-0.1, -0.05) is 68.7 Å². The van der Waals surface area contributed by atoms with Crippen LogP contribution in [0.3, 0.4) is 0 Å². The number of nitrogens with zero attached hydrogens (tertiary/aromatic N) is 2. The summed E-state index contributed by atoms with van der Waals surface area (Å²) in [6.45, 7) is 2.61. The summed E-state index contributed by atoms with van der Waals surface area (Å²) < 4.78 is 1.67. The Balaban J connectivity index is 1.76. The monoisotopic (exact) mass is 379 g/mol. The number of aromatic nitrogens is 3. The SMILES string of the molecule is CCCCCCc1n[nH]c(=O)n1Cc1ccc(-c2ccccc2C(=O)O)cc1. The molecule has 2 aromatic carbocycles. The molecule has 0 saturated heterocycles. The van der Waals surface area contributed by atoms with E-state index in [9.17, 15) is 14.7 Å². The number of nitrogens with one attached hydrogen (secondary N) is 1. The zero-order valence-corrected chi connectivity index (χ0v) is 16.0. The fourth-order valence-electron chi connectivity index (χ4n) is 3.31. The van der Waals surface area contributed by atoms with Crippen LogP contribution in [-0.2, 0) is 13.0 Å². The van der Waals surface area contributed by atoms with Crippen LogP contribution in [0.2, 0.25) is 0 Å². The summed E-state index contributed by atoms with van der Waals surface area (Å²) >= 11 is 0. The van der Waals surface area contributed by atoms with E-state index >= 15 is 0 Å². The molecule has 28 heavy (non-hydrogen) atoms. The Morgan fingerprint density at radius 2 is 1.82 bits per heavy atom. The molecule has 3 aromatic rings. The van der Waals surface area contributed by atoms with Gasteiger partial charge in [0.2, 0.25) is 0 Å². The molecule has 0 aliphatic carbocycles. The Morgan fingerprint density at radius 3 is 2.54 bits per heavy atom. The summed E-state index contributed by atoms with van der Waals surface area (Å²) in [5, 5.41) is 16.1. The maximum atomic E-state index is 12.1. The molecule has 0 amide bonds. The fourth-order valence-corrected chi connectivity index (χ4v) is 3.31. The molecular weight excluding hydrogens is 354 g/mol. The summed E-state index contributed by atoms with van der Waals surface area (Å²) in [5.41, 5.74) is 2.55. The van der Waals surface area contributed by atoms with E-state index in [2.05, 4.69) is 17.1 Å². The molecule has 1 heterocycles. The van der Waals surface area contributed by atoms with Gasteiger partial charge in [-0.2, -0.15) is 5.10 Å². The molecule has 6 nitrogen and oxygen atoms in total. The fraction of sp³-hybridized carbons (Fsp3) is 0.318. The Kier molecular flexibility index (Phi) is 6.42. The Hall–Kier alpha value is -3.15. The van der Waals surface area contributed by atoms with Gasteiger partial charge in [-0.15, -0.1) is 0 Å². The summed E-state index contributed by atoms with van der Waals surface area (Å²) in [7, 11) is 0. The number of carboxylic acids is 1. The molecule has 0 aliphatic rings. The first-order chi connectivity index (χ1) is 13.6. The zero-order valence-electron chi connectivity index (χ0n) is 16.0. The first kappa shape index (κ1) is 19.6. The average Bonchev–Trinajstić information content (AvgIpc) is 3.05. The molecule has 146 valence electrons. The quantitative estimate of drug-likeness (QED) is 0.548. The smallest absolute Gasteiger partial charge is 0.343 e. The second-order valence-corrected chi connectivity index (χ2v) is 6.89. The minimum atomic E-state index is -0.947. The lowest BCUT2D eigenvalue weighted by Gasteiger charge is -2.09. The van der Waals surface area contributed by atoms with Gasteiger partial charge in [0.1, 0.15) is 5.82 Å². The molecule has 3 rings (SSSR count). The van der Waals surface area contributed by atoms with Crippen LogP contribution >= 0.6 is 0 Å². The van der Waals surface area contributed by atoms with Crippen molar-refractivity contribution in [2.75, 3.05) is 0 Å². The largest absolute Gasteiger partial charge is 0.478 e. The highest BCUT2D eigenvalue weighted by Gasteiger charge is 2.12. The van der Waals surface area contributed by atoms with E-state index in [0.717, 1.165) is 36.2 Å². The van der Waals surface area contributed by atoms with Crippen LogP contribution in [0.15, 0.2) is 53.3 Å². The highest BCUT2D eigenvalue weighted by atomic mass is 16.4. The third kappa shape index (κ3) is 4.57. The predicted octanol–water partition coefficient (Wildman–Crippen LogP) is 4.11. The molecule has 0 aliphatic heterocycles. The minimum Gasteiger partial charge on any atom is -0.478 e. The van der Waals surface area contributed by atoms with Crippen molar-refractivity contribution < 1.29 is 9.90 Å². The van der Waals surface area contributed by atoms with E-state index in [0.29, 0.717) is 12.1 Å². The molecule has 1 aromatic heterocycles. The highest BCUT2D eigenvalue weighted by Crippen LogP contribution is 2.24. The Labute approximate surface area is 163 Å². The number of hydrogen-bond acceptors (Lipinski definition) is 3. The van der Waals surface area contributed by atoms with Crippen LogP contribution in [0.5, 0.6) is 0 Å². The number of aromatic carboxylic acids is 1. The second kappa shape index (κ2) is 9.17. The van der Waals surface area contributed by atoms with E-state index in [1.54, 1.807) is 22.8 Å². The normalized spacial score (nSPS) is 10.9. The first-order valence-corrected chi connectivity index (χ1v) is 9.66. The number of unbranched alkanes of at least 4 members (excludes halogenated alkanes) is 3. The van der Waals surface area contributed by atoms with Gasteiger partial charge in [0.25, 0.3) is 0 Å². The summed E-state index contributed by atoms with van der Waals surface area (Å²) in [4.78, 5) is 23.5. The zero-order chi connectivity index (χ0) is 19.9. The van der Waals surface area contributed by atoms with E-state index < -0.39 is 5.97 Å². The minimum absolute atomic E-state index is 0.203.